The first-order valence-corrected chi connectivity index (χ1v) is 5.98. The van der Waals surface area contributed by atoms with Crippen molar-refractivity contribution in [1.82, 2.24) is 0 Å². The minimum absolute atomic E-state index is 0.306. The van der Waals surface area contributed by atoms with Gasteiger partial charge in [-0.05, 0) is 23.4 Å². The van der Waals surface area contributed by atoms with E-state index in [1.807, 2.05) is 30.8 Å². The van der Waals surface area contributed by atoms with Crippen LogP contribution in [0, 0.1) is 0 Å². The van der Waals surface area contributed by atoms with Crippen molar-refractivity contribution < 1.29 is 4.79 Å². The van der Waals surface area contributed by atoms with Gasteiger partial charge in [0, 0.05) is 17.7 Å². The van der Waals surface area contributed by atoms with Gasteiger partial charge in [0.1, 0.15) is 5.78 Å². The van der Waals surface area contributed by atoms with Gasteiger partial charge in [-0.15, -0.1) is 11.8 Å². The normalized spacial score (nSPS) is 10.1. The van der Waals surface area contributed by atoms with E-state index >= 15 is 0 Å². The molecule has 0 bridgehead atoms. The fraction of sp³-hybridized carbons (Fsp3) is 0.417. The zero-order chi connectivity index (χ0) is 10.4. The quantitative estimate of drug-likeness (QED) is 0.690. The van der Waals surface area contributed by atoms with Crippen molar-refractivity contribution in [2.75, 3.05) is 5.75 Å². The molecule has 1 aromatic carbocycles. The number of carbonyl (C=O) groups is 1. The Balaban J connectivity index is 2.59. The second-order valence-corrected chi connectivity index (χ2v) is 4.48. The first-order chi connectivity index (χ1) is 6.76. The van der Waals surface area contributed by atoms with Crippen molar-refractivity contribution in [3.63, 3.8) is 0 Å². The minimum Gasteiger partial charge on any atom is -0.299 e. The lowest BCUT2D eigenvalue weighted by Crippen LogP contribution is -1.99. The average Bonchev–Trinajstić information content (AvgIpc) is 2.21. The van der Waals surface area contributed by atoms with Gasteiger partial charge >= 0.3 is 0 Å². The van der Waals surface area contributed by atoms with Gasteiger partial charge in [-0.3, -0.25) is 4.79 Å². The molecule has 0 aromatic heterocycles. The average molecular weight is 208 g/mol. The van der Waals surface area contributed by atoms with Gasteiger partial charge in [0.2, 0.25) is 0 Å². The minimum atomic E-state index is 0.306. The van der Waals surface area contributed by atoms with Crippen LogP contribution in [0.25, 0.3) is 0 Å². The standard InChI is InChI=1S/C12H16OS/c1-3-11(13)9-10-5-7-12(8-6-10)14-4-2/h5-8H,3-4,9H2,1-2H3. The van der Waals surface area contributed by atoms with E-state index in [1.165, 1.54) is 4.90 Å². The summed E-state index contributed by atoms with van der Waals surface area (Å²) in [6.45, 7) is 4.04. The lowest BCUT2D eigenvalue weighted by molar-refractivity contribution is -0.118. The van der Waals surface area contributed by atoms with E-state index < -0.39 is 0 Å². The summed E-state index contributed by atoms with van der Waals surface area (Å²) in [5.74, 6) is 1.40. The molecule has 1 nitrogen and oxygen atoms in total. The Morgan fingerprint density at radius 1 is 1.21 bits per heavy atom. The monoisotopic (exact) mass is 208 g/mol. The molecule has 0 saturated carbocycles. The van der Waals surface area contributed by atoms with E-state index in [9.17, 15) is 4.79 Å². The molecule has 0 aliphatic heterocycles. The number of carbonyl (C=O) groups excluding carboxylic acids is 1. The molecule has 0 spiro atoms. The Labute approximate surface area is 89.9 Å². The zero-order valence-corrected chi connectivity index (χ0v) is 9.56. The maximum absolute atomic E-state index is 11.2. The summed E-state index contributed by atoms with van der Waals surface area (Å²) in [6.07, 6.45) is 1.21. The number of thioether (sulfide) groups is 1. The number of benzene rings is 1. The molecule has 0 aliphatic rings. The predicted octanol–water partition coefficient (Wildman–Crippen LogP) is 3.32. The second kappa shape index (κ2) is 5.86. The lowest BCUT2D eigenvalue weighted by Gasteiger charge is -2.01. The molecule has 0 N–H and O–H groups in total. The van der Waals surface area contributed by atoms with Gasteiger partial charge in [-0.2, -0.15) is 0 Å². The molecule has 0 atom stereocenters. The van der Waals surface area contributed by atoms with Crippen LogP contribution in [0.15, 0.2) is 29.2 Å². The van der Waals surface area contributed by atoms with Gasteiger partial charge in [0.15, 0.2) is 0 Å². The maximum atomic E-state index is 11.2. The number of rotatable bonds is 5. The van der Waals surface area contributed by atoms with E-state index in [0.29, 0.717) is 18.6 Å². The highest BCUT2D eigenvalue weighted by atomic mass is 32.2. The van der Waals surface area contributed by atoms with Crippen molar-refractivity contribution >= 4 is 17.5 Å². The zero-order valence-electron chi connectivity index (χ0n) is 8.75. The summed E-state index contributed by atoms with van der Waals surface area (Å²) >= 11 is 1.82. The Morgan fingerprint density at radius 2 is 1.86 bits per heavy atom. The molecule has 0 amide bonds. The van der Waals surface area contributed by atoms with E-state index in [-0.39, 0.29) is 0 Å². The predicted molar refractivity (Wildman–Crippen MR) is 61.8 cm³/mol. The van der Waals surface area contributed by atoms with Crippen LogP contribution in [0.4, 0.5) is 0 Å². The molecular weight excluding hydrogens is 192 g/mol. The number of Topliss-reactive ketones (excluding diaryl/α,β-unsaturated/α-hetero) is 1. The van der Waals surface area contributed by atoms with E-state index in [4.69, 9.17) is 0 Å². The van der Waals surface area contributed by atoms with Crippen LogP contribution in [0.5, 0.6) is 0 Å². The lowest BCUT2D eigenvalue weighted by atomic mass is 10.1. The number of hydrogen-bond donors (Lipinski definition) is 0. The van der Waals surface area contributed by atoms with E-state index in [1.54, 1.807) is 0 Å². The topological polar surface area (TPSA) is 17.1 Å². The Bertz CT molecular complexity index is 290. The third kappa shape index (κ3) is 3.54. The molecule has 14 heavy (non-hydrogen) atoms. The molecule has 0 unspecified atom stereocenters. The Hall–Kier alpha value is -0.760. The van der Waals surface area contributed by atoms with Gasteiger partial charge in [0.05, 0.1) is 0 Å². The van der Waals surface area contributed by atoms with Crippen molar-refractivity contribution in [1.29, 1.82) is 0 Å². The fourth-order valence-electron chi connectivity index (χ4n) is 1.22. The second-order valence-electron chi connectivity index (χ2n) is 3.15. The van der Waals surface area contributed by atoms with Crippen LogP contribution in [0.2, 0.25) is 0 Å². The highest BCUT2D eigenvalue weighted by molar-refractivity contribution is 7.99. The molecular formula is C12H16OS. The van der Waals surface area contributed by atoms with Crippen molar-refractivity contribution in [3.8, 4) is 0 Å². The van der Waals surface area contributed by atoms with Crippen molar-refractivity contribution in [2.45, 2.75) is 31.6 Å². The van der Waals surface area contributed by atoms with Gasteiger partial charge in [-0.25, -0.2) is 0 Å². The molecule has 2 heteroatoms. The molecule has 0 fully saturated rings. The van der Waals surface area contributed by atoms with Gasteiger partial charge in [0.25, 0.3) is 0 Å². The van der Waals surface area contributed by atoms with Crippen LogP contribution in [0.1, 0.15) is 25.8 Å². The van der Waals surface area contributed by atoms with E-state index in [2.05, 4.69) is 19.1 Å². The number of ketones is 1. The Morgan fingerprint density at radius 3 is 2.36 bits per heavy atom. The van der Waals surface area contributed by atoms with Crippen LogP contribution < -0.4 is 0 Å². The number of hydrogen-bond acceptors (Lipinski definition) is 2. The van der Waals surface area contributed by atoms with Crippen LogP contribution >= 0.6 is 11.8 Å². The summed E-state index contributed by atoms with van der Waals surface area (Å²) in [4.78, 5) is 12.5. The molecule has 1 aromatic rings. The molecule has 1 rings (SSSR count). The van der Waals surface area contributed by atoms with E-state index in [0.717, 1.165) is 11.3 Å². The molecule has 0 heterocycles. The highest BCUT2D eigenvalue weighted by Crippen LogP contribution is 2.17. The van der Waals surface area contributed by atoms with Gasteiger partial charge < -0.3 is 0 Å². The summed E-state index contributed by atoms with van der Waals surface area (Å²) in [6, 6.07) is 8.27. The smallest absolute Gasteiger partial charge is 0.136 e. The molecule has 0 aliphatic carbocycles. The van der Waals surface area contributed by atoms with Crippen molar-refractivity contribution in [3.05, 3.63) is 29.8 Å². The van der Waals surface area contributed by atoms with Crippen LogP contribution in [0.3, 0.4) is 0 Å². The Kier molecular flexibility index (Phi) is 4.74. The van der Waals surface area contributed by atoms with Crippen LogP contribution in [-0.2, 0) is 11.2 Å². The maximum Gasteiger partial charge on any atom is 0.136 e. The molecule has 76 valence electrons. The summed E-state index contributed by atoms with van der Waals surface area (Å²) < 4.78 is 0. The summed E-state index contributed by atoms with van der Waals surface area (Å²) in [5, 5.41) is 0. The summed E-state index contributed by atoms with van der Waals surface area (Å²) in [7, 11) is 0. The largest absolute Gasteiger partial charge is 0.299 e. The third-order valence-corrected chi connectivity index (χ3v) is 2.92. The van der Waals surface area contributed by atoms with Gasteiger partial charge in [-0.1, -0.05) is 26.0 Å². The summed E-state index contributed by atoms with van der Waals surface area (Å²) in [5.41, 5.74) is 1.12. The SMILES string of the molecule is CCSc1ccc(CC(=O)CC)cc1. The fourth-order valence-corrected chi connectivity index (χ4v) is 1.88. The molecule has 0 radical (unpaired) electrons. The van der Waals surface area contributed by atoms with Crippen LogP contribution in [-0.4, -0.2) is 11.5 Å². The first-order valence-electron chi connectivity index (χ1n) is 4.99. The highest BCUT2D eigenvalue weighted by Gasteiger charge is 2.00. The van der Waals surface area contributed by atoms with Crippen molar-refractivity contribution in [2.24, 2.45) is 0 Å². The first kappa shape index (κ1) is 11.3. The third-order valence-electron chi connectivity index (χ3n) is 2.03. The molecule has 0 saturated heterocycles.